The summed E-state index contributed by atoms with van der Waals surface area (Å²) in [5, 5.41) is 0. The quantitative estimate of drug-likeness (QED) is 0.514. The maximum absolute atomic E-state index is 2.54. The highest BCUT2D eigenvalue weighted by Gasteiger charge is 2.48. The molecule has 0 radical (unpaired) electrons. The van der Waals surface area contributed by atoms with Crippen molar-refractivity contribution in [1.82, 2.24) is 0 Å². The molecular weight excluding hydrogens is 216 g/mol. The van der Waals surface area contributed by atoms with Crippen LogP contribution in [0.25, 0.3) is 0 Å². The Labute approximate surface area is 112 Å². The molecule has 5 saturated carbocycles. The molecule has 100 valence electrons. The lowest BCUT2D eigenvalue weighted by molar-refractivity contribution is -0.0411. The molecule has 2 unspecified atom stereocenters. The van der Waals surface area contributed by atoms with Gasteiger partial charge in [-0.2, -0.15) is 0 Å². The van der Waals surface area contributed by atoms with E-state index >= 15 is 0 Å². The van der Waals surface area contributed by atoms with Crippen LogP contribution in [0.1, 0.15) is 64.7 Å². The summed E-state index contributed by atoms with van der Waals surface area (Å²) in [6, 6.07) is 0. The Kier molecular flexibility index (Phi) is 2.64. The highest BCUT2D eigenvalue weighted by Crippen LogP contribution is 2.59. The molecule has 0 amide bonds. The van der Waals surface area contributed by atoms with Crippen molar-refractivity contribution in [1.29, 1.82) is 0 Å². The molecule has 0 heteroatoms. The second-order valence-electron chi connectivity index (χ2n) is 8.45. The minimum absolute atomic E-state index is 0.800. The van der Waals surface area contributed by atoms with Crippen LogP contribution in [0.15, 0.2) is 12.2 Å². The van der Waals surface area contributed by atoms with Crippen LogP contribution in [0.4, 0.5) is 0 Å². The molecule has 0 aromatic rings. The van der Waals surface area contributed by atoms with Gasteiger partial charge in [-0.25, -0.2) is 0 Å². The van der Waals surface area contributed by atoms with Gasteiger partial charge in [-0.05, 0) is 92.8 Å². The second-order valence-corrected chi connectivity index (χ2v) is 8.45. The van der Waals surface area contributed by atoms with Gasteiger partial charge in [0.15, 0.2) is 0 Å². The summed E-state index contributed by atoms with van der Waals surface area (Å²) in [6.07, 6.45) is 18.7. The number of allylic oxidation sites excluding steroid dienone is 2. The lowest BCUT2D eigenvalue weighted by Crippen LogP contribution is -2.44. The zero-order chi connectivity index (χ0) is 12.2. The summed E-state index contributed by atoms with van der Waals surface area (Å²) in [5.41, 5.74) is 0.800. The molecule has 0 heterocycles. The van der Waals surface area contributed by atoms with Crippen LogP contribution in [-0.4, -0.2) is 0 Å². The van der Waals surface area contributed by atoms with Gasteiger partial charge in [0.2, 0.25) is 0 Å². The standard InChI is InChI=1S/C11H18.C7H10/c1-11-5-8-2-9(6-11)4-10(3-8)7-11;1-2-7-4-3-6(1)5-7/h8-10H,2-7H2,1H3;1-2,6-7H,3-5H2. The summed E-state index contributed by atoms with van der Waals surface area (Å²) in [4.78, 5) is 0. The van der Waals surface area contributed by atoms with Gasteiger partial charge in [-0.3, -0.25) is 0 Å². The molecule has 6 bridgehead atoms. The Balaban J connectivity index is 0.000000109. The first-order chi connectivity index (χ1) is 8.68. The van der Waals surface area contributed by atoms with Crippen molar-refractivity contribution in [2.75, 3.05) is 0 Å². The Morgan fingerprint density at radius 3 is 1.39 bits per heavy atom. The molecular formula is C18H28. The first-order valence-corrected chi connectivity index (χ1v) is 8.37. The fourth-order valence-corrected chi connectivity index (χ4v) is 6.26. The third-order valence-corrected chi connectivity index (χ3v) is 6.51. The van der Waals surface area contributed by atoms with Gasteiger partial charge in [-0.1, -0.05) is 19.1 Å². The zero-order valence-electron chi connectivity index (χ0n) is 11.9. The average Bonchev–Trinajstić information content (AvgIpc) is 2.89. The molecule has 6 rings (SSSR count). The Morgan fingerprint density at radius 2 is 1.17 bits per heavy atom. The van der Waals surface area contributed by atoms with Crippen molar-refractivity contribution < 1.29 is 0 Å². The molecule has 6 aliphatic rings. The molecule has 0 nitrogen and oxygen atoms in total. The molecule has 0 saturated heterocycles. The van der Waals surface area contributed by atoms with Crippen LogP contribution in [0, 0.1) is 35.0 Å². The summed E-state index contributed by atoms with van der Waals surface area (Å²) >= 11 is 0. The maximum atomic E-state index is 2.54. The smallest absolute Gasteiger partial charge is 0.0228 e. The molecule has 0 aliphatic heterocycles. The van der Waals surface area contributed by atoms with Crippen LogP contribution < -0.4 is 0 Å². The van der Waals surface area contributed by atoms with E-state index in [-0.39, 0.29) is 0 Å². The van der Waals surface area contributed by atoms with Crippen LogP contribution in [0.5, 0.6) is 0 Å². The molecule has 0 spiro atoms. The fraction of sp³-hybridized carbons (Fsp3) is 0.889. The van der Waals surface area contributed by atoms with E-state index in [0.29, 0.717) is 0 Å². The van der Waals surface area contributed by atoms with Crippen molar-refractivity contribution >= 4 is 0 Å². The van der Waals surface area contributed by atoms with E-state index in [2.05, 4.69) is 19.1 Å². The van der Waals surface area contributed by atoms with Crippen molar-refractivity contribution in [2.45, 2.75) is 64.7 Å². The van der Waals surface area contributed by atoms with E-state index in [1.54, 1.807) is 38.5 Å². The third-order valence-electron chi connectivity index (χ3n) is 6.51. The third kappa shape index (κ3) is 2.06. The van der Waals surface area contributed by atoms with E-state index in [1.807, 2.05) is 0 Å². The van der Waals surface area contributed by atoms with Gasteiger partial charge in [0.05, 0.1) is 0 Å². The molecule has 0 N–H and O–H groups in total. The van der Waals surface area contributed by atoms with Crippen molar-refractivity contribution in [3.05, 3.63) is 12.2 Å². The van der Waals surface area contributed by atoms with Crippen LogP contribution in [0.3, 0.4) is 0 Å². The van der Waals surface area contributed by atoms with E-state index < -0.39 is 0 Å². The Bertz CT molecular complexity index is 304. The number of hydrogen-bond acceptors (Lipinski definition) is 0. The monoisotopic (exact) mass is 244 g/mol. The van der Waals surface area contributed by atoms with Crippen molar-refractivity contribution in [3.63, 3.8) is 0 Å². The highest BCUT2D eigenvalue weighted by atomic mass is 14.5. The fourth-order valence-electron chi connectivity index (χ4n) is 6.26. The summed E-state index contributed by atoms with van der Waals surface area (Å²) in [5.74, 6) is 5.42. The Hall–Kier alpha value is -0.260. The molecule has 0 aromatic heterocycles. The summed E-state index contributed by atoms with van der Waals surface area (Å²) < 4.78 is 0. The van der Waals surface area contributed by atoms with E-state index in [9.17, 15) is 0 Å². The first kappa shape index (κ1) is 11.6. The van der Waals surface area contributed by atoms with E-state index in [4.69, 9.17) is 0 Å². The van der Waals surface area contributed by atoms with Gasteiger partial charge in [-0.15, -0.1) is 0 Å². The molecule has 18 heavy (non-hydrogen) atoms. The molecule has 5 fully saturated rings. The second kappa shape index (κ2) is 4.12. The average molecular weight is 244 g/mol. The van der Waals surface area contributed by atoms with Crippen LogP contribution in [-0.2, 0) is 0 Å². The van der Waals surface area contributed by atoms with Gasteiger partial charge in [0.1, 0.15) is 0 Å². The zero-order valence-corrected chi connectivity index (χ0v) is 11.9. The number of rotatable bonds is 0. The van der Waals surface area contributed by atoms with E-state index in [1.165, 1.54) is 19.3 Å². The van der Waals surface area contributed by atoms with Gasteiger partial charge < -0.3 is 0 Å². The van der Waals surface area contributed by atoms with E-state index in [0.717, 1.165) is 35.0 Å². The van der Waals surface area contributed by atoms with Crippen LogP contribution >= 0.6 is 0 Å². The minimum Gasteiger partial charge on any atom is -0.0851 e. The normalized spacial score (nSPS) is 54.6. The largest absolute Gasteiger partial charge is 0.0851 e. The SMILES string of the molecule is C1=CC2CCC1C2.CC12CC3CC(CC(C3)C1)C2. The highest BCUT2D eigenvalue weighted by molar-refractivity contribution is 5.06. The topological polar surface area (TPSA) is 0 Å². The lowest BCUT2D eigenvalue weighted by atomic mass is 9.50. The molecule has 0 aromatic carbocycles. The number of hydrogen-bond donors (Lipinski definition) is 0. The van der Waals surface area contributed by atoms with Crippen LogP contribution in [0.2, 0.25) is 0 Å². The maximum Gasteiger partial charge on any atom is -0.0228 e. The van der Waals surface area contributed by atoms with Gasteiger partial charge in [0, 0.05) is 0 Å². The lowest BCUT2D eigenvalue weighted by Gasteiger charge is -2.55. The minimum atomic E-state index is 0.800. The molecule has 6 aliphatic carbocycles. The van der Waals surface area contributed by atoms with Gasteiger partial charge >= 0.3 is 0 Å². The summed E-state index contributed by atoms with van der Waals surface area (Å²) in [7, 11) is 0. The number of fused-ring (bicyclic) bond motifs is 2. The predicted octanol–water partition coefficient (Wildman–Crippen LogP) is 5.20. The van der Waals surface area contributed by atoms with Gasteiger partial charge in [0.25, 0.3) is 0 Å². The first-order valence-electron chi connectivity index (χ1n) is 8.37. The summed E-state index contributed by atoms with van der Waals surface area (Å²) in [6.45, 7) is 2.54. The van der Waals surface area contributed by atoms with Crippen molar-refractivity contribution in [3.8, 4) is 0 Å². The van der Waals surface area contributed by atoms with Crippen molar-refractivity contribution in [2.24, 2.45) is 35.0 Å². The Morgan fingerprint density at radius 1 is 0.722 bits per heavy atom. The predicted molar refractivity (Wildman–Crippen MR) is 76.3 cm³/mol. The molecule has 2 atom stereocenters.